The second-order valence-corrected chi connectivity index (χ2v) is 2.96. The van der Waals surface area contributed by atoms with Gasteiger partial charge in [0.25, 0.3) is 0 Å². The predicted molar refractivity (Wildman–Crippen MR) is 61.2 cm³/mol. The van der Waals surface area contributed by atoms with Crippen molar-refractivity contribution in [3.8, 4) is 0 Å². The molecule has 1 rings (SSSR count). The first kappa shape index (κ1) is 14.7. The molecule has 1 aromatic carbocycles. The number of hydrogen-bond donors (Lipinski definition) is 0. The number of hydrogen-bond acceptors (Lipinski definition) is 2. The number of benzene rings is 1. The first-order chi connectivity index (χ1) is 6.77. The Morgan fingerprint density at radius 2 is 2.13 bits per heavy atom. The maximum absolute atomic E-state index is 5.80. The first-order valence-electron chi connectivity index (χ1n) is 3.85. The van der Waals surface area contributed by atoms with Gasteiger partial charge in [-0.1, -0.05) is 29.6 Å². The minimum atomic E-state index is 0. The van der Waals surface area contributed by atoms with E-state index in [-0.39, 0.29) is 18.9 Å². The van der Waals surface area contributed by atoms with Crippen LogP contribution >= 0.6 is 23.2 Å². The number of halogens is 2. The van der Waals surface area contributed by atoms with Crippen LogP contribution in [0.4, 0.5) is 5.69 Å². The summed E-state index contributed by atoms with van der Waals surface area (Å²) in [6, 6.07) is 5.14. The van der Waals surface area contributed by atoms with Gasteiger partial charge in [0.1, 0.15) is 0 Å². The fraction of sp³-hybridized carbons (Fsp3) is 0.100. The molecular formula is C10H7Cl2LiN2-2. The second-order valence-electron chi connectivity index (χ2n) is 2.35. The fourth-order valence-electron chi connectivity index (χ4n) is 0.882. The van der Waals surface area contributed by atoms with Crippen molar-refractivity contribution in [2.24, 2.45) is 9.98 Å². The molecule has 0 amide bonds. The molecule has 0 fully saturated rings. The van der Waals surface area contributed by atoms with Crippen LogP contribution in [-0.4, -0.2) is 18.4 Å². The van der Waals surface area contributed by atoms with E-state index in [4.69, 9.17) is 23.2 Å². The summed E-state index contributed by atoms with van der Waals surface area (Å²) in [6.45, 7) is 3.98. The van der Waals surface area contributed by atoms with E-state index in [1.807, 2.05) is 0 Å². The van der Waals surface area contributed by atoms with E-state index < -0.39 is 0 Å². The summed E-state index contributed by atoms with van der Waals surface area (Å²) in [7, 11) is 0. The largest absolute Gasteiger partial charge is 1.00 e. The predicted octanol–water partition coefficient (Wildman–Crippen LogP) is 0.250. The molecule has 74 valence electrons. The zero-order valence-corrected chi connectivity index (χ0v) is 9.81. The van der Waals surface area contributed by atoms with Crippen LogP contribution < -0.4 is 18.9 Å². The molecule has 0 aliphatic rings. The average molecular weight is 233 g/mol. The van der Waals surface area contributed by atoms with Crippen LogP contribution in [0.1, 0.15) is 5.56 Å². The standard InChI is InChI=1S/C10H7Cl2N2.Li/c1-2-13-6-8-5-9(12)3-4-10(8)14-7-11;/h3-5H,1-2H2;/q-3;+1. The van der Waals surface area contributed by atoms with Gasteiger partial charge >= 0.3 is 18.9 Å². The summed E-state index contributed by atoms with van der Waals surface area (Å²) in [5, 5.41) is 0.597. The quantitative estimate of drug-likeness (QED) is 0.406. The summed E-state index contributed by atoms with van der Waals surface area (Å²) in [4.78, 5) is 7.69. The van der Waals surface area contributed by atoms with Crippen LogP contribution in [0.5, 0.6) is 0 Å². The molecule has 15 heavy (non-hydrogen) atoms. The molecular weight excluding hydrogens is 226 g/mol. The Morgan fingerprint density at radius 1 is 1.40 bits per heavy atom. The Kier molecular flexibility index (Phi) is 7.82. The number of aliphatic imine (C=N–C) groups is 2. The van der Waals surface area contributed by atoms with Gasteiger partial charge in [0.15, 0.2) is 0 Å². The molecule has 0 atom stereocenters. The third kappa shape index (κ3) is 4.86. The summed E-state index contributed by atoms with van der Waals surface area (Å²) < 4.78 is 0. The van der Waals surface area contributed by atoms with Crippen LogP contribution in [0.3, 0.4) is 0 Å². The zero-order chi connectivity index (χ0) is 10.4. The Hall–Kier alpha value is -0.263. The monoisotopic (exact) mass is 232 g/mol. The van der Waals surface area contributed by atoms with Gasteiger partial charge in [-0.3, -0.25) is 0 Å². The molecule has 0 radical (unpaired) electrons. The third-order valence-electron chi connectivity index (χ3n) is 1.43. The van der Waals surface area contributed by atoms with Gasteiger partial charge in [-0.25, -0.2) is 11.6 Å². The Bertz CT molecular complexity index is 364. The molecule has 0 N–H and O–H groups in total. The Morgan fingerprint density at radius 3 is 2.73 bits per heavy atom. The van der Waals surface area contributed by atoms with Gasteiger partial charge in [-0.15, -0.1) is 24.4 Å². The Balaban J connectivity index is 0.00000196. The van der Waals surface area contributed by atoms with E-state index in [2.05, 4.69) is 28.8 Å². The van der Waals surface area contributed by atoms with Crippen molar-refractivity contribution in [2.75, 3.05) is 6.54 Å². The minimum Gasteiger partial charge on any atom is -0.441 e. The average Bonchev–Trinajstić information content (AvgIpc) is 2.18. The van der Waals surface area contributed by atoms with Crippen molar-refractivity contribution in [3.63, 3.8) is 0 Å². The van der Waals surface area contributed by atoms with Crippen LogP contribution in [0.2, 0.25) is 5.02 Å². The summed E-state index contributed by atoms with van der Waals surface area (Å²) in [5.74, 6) is 0. The maximum atomic E-state index is 5.80. The molecule has 0 aliphatic heterocycles. The molecule has 0 saturated carbocycles. The van der Waals surface area contributed by atoms with Gasteiger partial charge < -0.3 is 16.9 Å². The minimum absolute atomic E-state index is 0. The molecule has 0 aromatic heterocycles. The van der Waals surface area contributed by atoms with Crippen LogP contribution in [-0.2, 0) is 0 Å². The summed E-state index contributed by atoms with van der Waals surface area (Å²) in [6.07, 6.45) is 2.77. The fourth-order valence-corrected chi connectivity index (χ4v) is 1.15. The van der Waals surface area contributed by atoms with Gasteiger partial charge in [0.2, 0.25) is 0 Å². The SMILES string of the molecule is [CH2-]CN=[C-]c1cc(Cl)ccc1N=[C-]Cl.[Li+]. The van der Waals surface area contributed by atoms with Crippen molar-refractivity contribution in [1.82, 2.24) is 0 Å². The van der Waals surface area contributed by atoms with E-state index in [9.17, 15) is 0 Å². The van der Waals surface area contributed by atoms with E-state index >= 15 is 0 Å². The zero-order valence-electron chi connectivity index (χ0n) is 8.30. The maximum Gasteiger partial charge on any atom is 1.00 e. The van der Waals surface area contributed by atoms with Crippen molar-refractivity contribution in [1.29, 1.82) is 0 Å². The smallest absolute Gasteiger partial charge is 0.441 e. The number of rotatable bonds is 3. The summed E-state index contributed by atoms with van der Waals surface area (Å²) >= 11 is 11.1. The van der Waals surface area contributed by atoms with Crippen LogP contribution in [0.25, 0.3) is 0 Å². The molecule has 0 spiro atoms. The molecule has 0 aliphatic carbocycles. The van der Waals surface area contributed by atoms with Crippen LogP contribution in [0.15, 0.2) is 28.2 Å². The molecule has 0 heterocycles. The Labute approximate surface area is 112 Å². The third-order valence-corrected chi connectivity index (χ3v) is 1.75. The van der Waals surface area contributed by atoms with E-state index in [0.717, 1.165) is 0 Å². The molecule has 1 aromatic rings. The molecule has 0 unspecified atom stereocenters. The normalized spacial score (nSPS) is 10.9. The van der Waals surface area contributed by atoms with E-state index in [1.54, 1.807) is 18.2 Å². The van der Waals surface area contributed by atoms with Crippen LogP contribution in [0, 0.1) is 6.92 Å². The van der Waals surface area contributed by atoms with Crippen molar-refractivity contribution in [2.45, 2.75) is 0 Å². The molecule has 2 nitrogen and oxygen atoms in total. The van der Waals surface area contributed by atoms with Crippen molar-refractivity contribution >= 4 is 40.8 Å². The van der Waals surface area contributed by atoms with Crippen molar-refractivity contribution in [3.05, 3.63) is 35.7 Å². The molecule has 0 bridgehead atoms. The van der Waals surface area contributed by atoms with E-state index in [0.29, 0.717) is 22.8 Å². The number of nitrogens with zero attached hydrogens (tertiary/aromatic N) is 2. The first-order valence-corrected chi connectivity index (χ1v) is 4.61. The van der Waals surface area contributed by atoms with Gasteiger partial charge in [0, 0.05) is 0 Å². The van der Waals surface area contributed by atoms with Gasteiger partial charge in [-0.05, 0) is 5.02 Å². The second kappa shape index (κ2) is 7.96. The summed E-state index contributed by atoms with van der Waals surface area (Å²) in [5.41, 5.74) is 3.48. The topological polar surface area (TPSA) is 24.7 Å². The van der Waals surface area contributed by atoms with E-state index in [1.165, 1.54) is 0 Å². The van der Waals surface area contributed by atoms with Crippen molar-refractivity contribution < 1.29 is 18.9 Å². The van der Waals surface area contributed by atoms with Gasteiger partial charge in [-0.2, -0.15) is 5.56 Å². The molecule has 5 heteroatoms. The van der Waals surface area contributed by atoms with Gasteiger partial charge in [0.05, 0.1) is 0 Å². The molecule has 0 saturated heterocycles.